The molecule has 19 aromatic rings. The molecule has 4 nitrogen and oxygen atoms in total. The first-order chi connectivity index (χ1) is 59.5. The van der Waals surface area contributed by atoms with Crippen molar-refractivity contribution in [1.82, 2.24) is 0 Å². The Kier molecular flexibility index (Phi) is 17.7. The van der Waals surface area contributed by atoms with Gasteiger partial charge in [0.25, 0.3) is 0 Å². The largest absolute Gasteiger partial charge is 0.310 e. The zero-order chi connectivity index (χ0) is 79.5. The summed E-state index contributed by atoms with van der Waals surface area (Å²) in [7, 11) is 0. The average molecular weight is 1530 g/mol. The highest BCUT2D eigenvalue weighted by molar-refractivity contribution is 6.00. The summed E-state index contributed by atoms with van der Waals surface area (Å²) in [5.74, 6) is 0. The van der Waals surface area contributed by atoms with E-state index in [-0.39, 0.29) is 0 Å². The first-order valence-electron chi connectivity index (χ1n) is 41.4. The van der Waals surface area contributed by atoms with Crippen LogP contribution in [0.4, 0.5) is 68.2 Å². The molecule has 2 heterocycles. The normalized spacial score (nSPS) is 12.9. The van der Waals surface area contributed by atoms with Crippen molar-refractivity contribution in [2.75, 3.05) is 19.6 Å². The molecule has 4 heteroatoms. The maximum atomic E-state index is 2.47. The Morgan fingerprint density at radius 2 is 0.333 bits per heavy atom. The monoisotopic (exact) mass is 1530 g/mol. The number of hydrogen-bond acceptors (Lipinski definition) is 4. The standard InChI is InChI=1S/C61H42N2.C55H38N2/c1-4-16-43(17-5-1)45-28-30-46(31-29-45)48-34-38-51(39-35-48)62(50-36-32-47(33-37-50)44-18-6-2-7-19-44)52-40-41-54-53-22-10-11-23-55(53)61(58(54)42-52)56-24-12-14-26-59(56)63(49-20-8-3-9-21-49)60-27-15-13-25-57(60)61;1-4-16-39(17-5-1)41-28-32-44(33-29-41)56(45-34-30-42(31-35-45)40-18-6-2-7-19-40)46-36-37-48-47-22-10-11-23-49(47)55(52(48)38-46)50-24-12-14-26-53(50)57(43-20-8-3-9-21-43)54-27-15-13-25-51(54)55/h1-42H;1-38H. The van der Waals surface area contributed by atoms with Gasteiger partial charge in [0, 0.05) is 45.5 Å². The summed E-state index contributed by atoms with van der Waals surface area (Å²) in [6.07, 6.45) is 0. The fraction of sp³-hybridized carbons (Fsp3) is 0.0172. The van der Waals surface area contributed by atoms with Gasteiger partial charge in [0.05, 0.1) is 33.6 Å². The summed E-state index contributed by atoms with van der Waals surface area (Å²) in [5.41, 5.74) is 40.0. The van der Waals surface area contributed by atoms with E-state index in [1.54, 1.807) is 0 Å². The van der Waals surface area contributed by atoms with E-state index in [0.717, 1.165) is 45.5 Å². The van der Waals surface area contributed by atoms with Crippen LogP contribution in [0.3, 0.4) is 0 Å². The third-order valence-corrected chi connectivity index (χ3v) is 24.9. The van der Waals surface area contributed by atoms with Crippen molar-refractivity contribution >= 4 is 68.2 Å². The highest BCUT2D eigenvalue weighted by Crippen LogP contribution is 2.66. The van der Waals surface area contributed by atoms with Crippen molar-refractivity contribution in [2.45, 2.75) is 10.8 Å². The highest BCUT2D eigenvalue weighted by Gasteiger charge is 2.54. The second-order valence-corrected chi connectivity index (χ2v) is 31.4. The quantitative estimate of drug-likeness (QED) is 0.114. The van der Waals surface area contributed by atoms with Gasteiger partial charge in [-0.2, -0.15) is 0 Å². The molecule has 0 N–H and O–H groups in total. The minimum absolute atomic E-state index is 0.541. The van der Waals surface area contributed by atoms with E-state index in [9.17, 15) is 0 Å². The van der Waals surface area contributed by atoms with Crippen LogP contribution in [-0.2, 0) is 10.8 Å². The number of anilines is 12. The van der Waals surface area contributed by atoms with Gasteiger partial charge in [0.1, 0.15) is 0 Å². The van der Waals surface area contributed by atoms with Gasteiger partial charge in [-0.1, -0.05) is 364 Å². The van der Waals surface area contributed by atoms with Crippen LogP contribution in [0.15, 0.2) is 485 Å². The molecule has 120 heavy (non-hydrogen) atoms. The van der Waals surface area contributed by atoms with Gasteiger partial charge >= 0.3 is 0 Å². The molecule has 2 aliphatic heterocycles. The van der Waals surface area contributed by atoms with Crippen LogP contribution in [0.1, 0.15) is 44.5 Å². The molecule has 4 aliphatic rings. The molecule has 0 aromatic heterocycles. The summed E-state index contributed by atoms with van der Waals surface area (Å²) in [6, 6.07) is 177. The summed E-state index contributed by atoms with van der Waals surface area (Å²) < 4.78 is 0. The molecule has 0 amide bonds. The van der Waals surface area contributed by atoms with Gasteiger partial charge in [-0.3, -0.25) is 0 Å². The molecule has 2 aliphatic carbocycles. The van der Waals surface area contributed by atoms with Gasteiger partial charge in [0.2, 0.25) is 0 Å². The van der Waals surface area contributed by atoms with E-state index in [1.807, 2.05) is 0 Å². The lowest BCUT2D eigenvalue weighted by Crippen LogP contribution is -2.36. The number of rotatable bonds is 13. The average Bonchev–Trinajstić information content (AvgIpc) is 1.48. The maximum absolute atomic E-state index is 2.47. The Balaban J connectivity index is 0.000000145. The molecule has 23 rings (SSSR count). The lowest BCUT2D eigenvalue weighted by atomic mass is 9.64. The first-order valence-corrected chi connectivity index (χ1v) is 41.4. The Labute approximate surface area is 701 Å². The predicted octanol–water partition coefficient (Wildman–Crippen LogP) is 30.9. The number of hydrogen-bond donors (Lipinski definition) is 0. The second-order valence-electron chi connectivity index (χ2n) is 31.4. The van der Waals surface area contributed by atoms with E-state index >= 15 is 0 Å². The van der Waals surface area contributed by atoms with Gasteiger partial charge < -0.3 is 19.6 Å². The Bertz CT molecular complexity index is 6800. The van der Waals surface area contributed by atoms with E-state index in [4.69, 9.17) is 0 Å². The SMILES string of the molecule is c1ccc(-c2ccc(-c3ccc(N(c4ccc(-c5ccccc5)cc4)c4ccc5c(c4)C4(c6ccccc6-5)c5ccccc5N(c5ccccc5)c5ccccc54)cc3)cc2)cc1.c1ccc(-c2ccc(N(c3ccc(-c4ccccc4)cc3)c3ccc4c(c3)C3(c5ccccc5-4)c4ccccc4N(c4ccccc4)c4ccccc43)cc2)cc1. The van der Waals surface area contributed by atoms with Gasteiger partial charge in [0.15, 0.2) is 0 Å². The van der Waals surface area contributed by atoms with Crippen molar-refractivity contribution in [3.63, 3.8) is 0 Å². The molecular weight excluding hydrogens is 1450 g/mol. The smallest absolute Gasteiger partial charge is 0.0755 e. The Hall–Kier alpha value is -15.6. The number of benzene rings is 19. The molecule has 0 fully saturated rings. The third kappa shape index (κ3) is 11.8. The number of fused-ring (bicyclic) bond motifs is 18. The predicted molar refractivity (Wildman–Crippen MR) is 501 cm³/mol. The molecule has 0 unspecified atom stereocenters. The summed E-state index contributed by atoms with van der Waals surface area (Å²) in [4.78, 5) is 9.72. The topological polar surface area (TPSA) is 13.0 Å². The van der Waals surface area contributed by atoms with Crippen LogP contribution in [0.25, 0.3) is 77.9 Å². The van der Waals surface area contributed by atoms with Gasteiger partial charge in [-0.25, -0.2) is 0 Å². The van der Waals surface area contributed by atoms with E-state index < -0.39 is 10.8 Å². The van der Waals surface area contributed by atoms with E-state index in [0.29, 0.717) is 0 Å². The second kappa shape index (κ2) is 29.9. The van der Waals surface area contributed by atoms with Crippen LogP contribution in [0, 0.1) is 0 Å². The molecule has 0 saturated carbocycles. The minimum atomic E-state index is -0.557. The third-order valence-electron chi connectivity index (χ3n) is 24.9. The first kappa shape index (κ1) is 71.0. The lowest BCUT2D eigenvalue weighted by molar-refractivity contribution is 0.752. The van der Waals surface area contributed by atoms with Crippen molar-refractivity contribution in [3.05, 3.63) is 530 Å². The van der Waals surface area contributed by atoms with Crippen LogP contribution in [0.5, 0.6) is 0 Å². The van der Waals surface area contributed by atoms with Crippen LogP contribution in [0.2, 0.25) is 0 Å². The minimum Gasteiger partial charge on any atom is -0.310 e. The fourth-order valence-corrected chi connectivity index (χ4v) is 19.7. The van der Waals surface area contributed by atoms with E-state index in [1.165, 1.54) is 145 Å². The van der Waals surface area contributed by atoms with Gasteiger partial charge in [-0.15, -0.1) is 0 Å². The molecule has 0 radical (unpaired) electrons. The van der Waals surface area contributed by atoms with Crippen LogP contribution in [-0.4, -0.2) is 0 Å². The van der Waals surface area contributed by atoms with Crippen LogP contribution >= 0.6 is 0 Å². The van der Waals surface area contributed by atoms with E-state index in [2.05, 4.69) is 505 Å². The van der Waals surface area contributed by atoms with Crippen molar-refractivity contribution < 1.29 is 0 Å². The van der Waals surface area contributed by atoms with Crippen molar-refractivity contribution in [3.8, 4) is 77.9 Å². The molecule has 564 valence electrons. The molecular formula is C116H80N4. The number of nitrogens with zero attached hydrogens (tertiary/aromatic N) is 4. The fourth-order valence-electron chi connectivity index (χ4n) is 19.7. The molecule has 19 aromatic carbocycles. The molecule has 0 saturated heterocycles. The Morgan fingerprint density at radius 3 is 0.600 bits per heavy atom. The lowest BCUT2D eigenvalue weighted by Gasteiger charge is -2.45. The Morgan fingerprint density at radius 1 is 0.142 bits per heavy atom. The summed E-state index contributed by atoms with van der Waals surface area (Å²) in [6.45, 7) is 0. The summed E-state index contributed by atoms with van der Waals surface area (Å²) in [5, 5.41) is 0. The van der Waals surface area contributed by atoms with Crippen LogP contribution < -0.4 is 19.6 Å². The summed E-state index contributed by atoms with van der Waals surface area (Å²) >= 11 is 0. The highest BCUT2D eigenvalue weighted by atomic mass is 15.2. The zero-order valence-electron chi connectivity index (χ0n) is 66.0. The molecule has 0 bridgehead atoms. The molecule has 0 atom stereocenters. The molecule has 2 spiro atoms. The van der Waals surface area contributed by atoms with Crippen molar-refractivity contribution in [1.29, 1.82) is 0 Å². The van der Waals surface area contributed by atoms with Crippen molar-refractivity contribution in [2.24, 2.45) is 0 Å². The number of para-hydroxylation sites is 6. The zero-order valence-corrected chi connectivity index (χ0v) is 66.0. The van der Waals surface area contributed by atoms with Gasteiger partial charge in [-0.05, 0) is 244 Å². The maximum Gasteiger partial charge on any atom is 0.0755 e.